The Balaban J connectivity index is 1.48. The standard InChI is InChI=1S/C21H30N2O3/c1-3-26-19-10-8-16(9-11-19)12-20(24)22(2)14-17-13-21(25)23(15-17)18-6-4-5-7-18/h8-11,17-18H,3-7,12-15H2,1-2H3/t17-/m1/s1. The quantitative estimate of drug-likeness (QED) is 0.753. The summed E-state index contributed by atoms with van der Waals surface area (Å²) in [6.07, 6.45) is 5.72. The molecule has 142 valence electrons. The van der Waals surface area contributed by atoms with Gasteiger partial charge in [0.05, 0.1) is 13.0 Å². The van der Waals surface area contributed by atoms with E-state index in [0.29, 0.717) is 32.0 Å². The SMILES string of the molecule is CCOc1ccc(CC(=O)N(C)C[C@H]2CC(=O)N(C3CCCC3)C2)cc1. The number of rotatable bonds is 7. The van der Waals surface area contributed by atoms with Crippen LogP contribution in [0.15, 0.2) is 24.3 Å². The number of carbonyl (C=O) groups excluding carboxylic acids is 2. The van der Waals surface area contributed by atoms with Crippen LogP contribution in [0.2, 0.25) is 0 Å². The molecule has 1 aromatic rings. The maximum atomic E-state index is 12.5. The van der Waals surface area contributed by atoms with E-state index in [-0.39, 0.29) is 17.7 Å². The lowest BCUT2D eigenvalue weighted by Gasteiger charge is -2.25. The largest absolute Gasteiger partial charge is 0.494 e. The van der Waals surface area contributed by atoms with Crippen molar-refractivity contribution >= 4 is 11.8 Å². The van der Waals surface area contributed by atoms with Crippen LogP contribution in [0.4, 0.5) is 0 Å². The predicted octanol–water partition coefficient (Wildman–Crippen LogP) is 2.88. The number of benzene rings is 1. The number of carbonyl (C=O) groups is 2. The monoisotopic (exact) mass is 358 g/mol. The number of ether oxygens (including phenoxy) is 1. The third-order valence-corrected chi connectivity index (χ3v) is 5.55. The van der Waals surface area contributed by atoms with Crippen LogP contribution in [0.3, 0.4) is 0 Å². The number of hydrogen-bond donors (Lipinski definition) is 0. The van der Waals surface area contributed by atoms with Crippen molar-refractivity contribution in [2.75, 3.05) is 26.7 Å². The molecule has 0 spiro atoms. The van der Waals surface area contributed by atoms with Gasteiger partial charge in [0.2, 0.25) is 11.8 Å². The van der Waals surface area contributed by atoms with Crippen LogP contribution in [-0.4, -0.2) is 54.4 Å². The maximum Gasteiger partial charge on any atom is 0.226 e. The molecule has 0 unspecified atom stereocenters. The summed E-state index contributed by atoms with van der Waals surface area (Å²) in [5.74, 6) is 1.46. The van der Waals surface area contributed by atoms with E-state index in [9.17, 15) is 9.59 Å². The molecule has 1 aliphatic carbocycles. The highest BCUT2D eigenvalue weighted by Gasteiger charge is 2.36. The van der Waals surface area contributed by atoms with Gasteiger partial charge in [0.15, 0.2) is 0 Å². The van der Waals surface area contributed by atoms with Crippen molar-refractivity contribution in [2.45, 2.75) is 51.5 Å². The molecule has 0 N–H and O–H groups in total. The second kappa shape index (κ2) is 8.56. The van der Waals surface area contributed by atoms with Crippen molar-refractivity contribution in [1.82, 2.24) is 9.80 Å². The minimum atomic E-state index is 0.0981. The van der Waals surface area contributed by atoms with E-state index in [1.807, 2.05) is 38.2 Å². The molecule has 1 saturated heterocycles. The second-order valence-electron chi connectivity index (χ2n) is 7.58. The molecular weight excluding hydrogens is 328 g/mol. The van der Waals surface area contributed by atoms with Crippen molar-refractivity contribution in [2.24, 2.45) is 5.92 Å². The zero-order chi connectivity index (χ0) is 18.5. The highest BCUT2D eigenvalue weighted by Crippen LogP contribution is 2.29. The molecule has 1 heterocycles. The molecule has 5 nitrogen and oxygen atoms in total. The molecule has 2 aliphatic rings. The van der Waals surface area contributed by atoms with Crippen molar-refractivity contribution in [3.63, 3.8) is 0 Å². The molecule has 0 bridgehead atoms. The number of amides is 2. The summed E-state index contributed by atoms with van der Waals surface area (Å²) < 4.78 is 5.43. The zero-order valence-electron chi connectivity index (χ0n) is 15.9. The van der Waals surface area contributed by atoms with Crippen LogP contribution in [0, 0.1) is 5.92 Å². The van der Waals surface area contributed by atoms with Gasteiger partial charge in [0, 0.05) is 38.5 Å². The Morgan fingerprint density at radius 3 is 2.58 bits per heavy atom. The number of hydrogen-bond acceptors (Lipinski definition) is 3. The van der Waals surface area contributed by atoms with Crippen LogP contribution in [0.1, 0.15) is 44.6 Å². The van der Waals surface area contributed by atoms with Gasteiger partial charge in [0.25, 0.3) is 0 Å². The first-order chi connectivity index (χ1) is 12.6. The summed E-state index contributed by atoms with van der Waals surface area (Å²) >= 11 is 0. The molecule has 3 rings (SSSR count). The summed E-state index contributed by atoms with van der Waals surface area (Å²) in [5, 5.41) is 0. The Labute approximate surface area is 156 Å². The molecular formula is C21H30N2O3. The van der Waals surface area contributed by atoms with Crippen LogP contribution < -0.4 is 4.74 Å². The predicted molar refractivity (Wildman–Crippen MR) is 101 cm³/mol. The van der Waals surface area contributed by atoms with E-state index < -0.39 is 0 Å². The fraction of sp³-hybridized carbons (Fsp3) is 0.619. The van der Waals surface area contributed by atoms with E-state index >= 15 is 0 Å². The first-order valence-corrected chi connectivity index (χ1v) is 9.82. The summed E-state index contributed by atoms with van der Waals surface area (Å²) in [6, 6.07) is 8.13. The fourth-order valence-electron chi connectivity index (χ4n) is 4.17. The molecule has 1 atom stereocenters. The minimum absolute atomic E-state index is 0.0981. The number of nitrogens with zero attached hydrogens (tertiary/aromatic N) is 2. The van der Waals surface area contributed by atoms with E-state index in [1.165, 1.54) is 12.8 Å². The van der Waals surface area contributed by atoms with Gasteiger partial charge in [-0.1, -0.05) is 25.0 Å². The van der Waals surface area contributed by atoms with Gasteiger partial charge >= 0.3 is 0 Å². The Morgan fingerprint density at radius 1 is 1.23 bits per heavy atom. The Morgan fingerprint density at radius 2 is 1.92 bits per heavy atom. The van der Waals surface area contributed by atoms with Crippen molar-refractivity contribution in [3.05, 3.63) is 29.8 Å². The van der Waals surface area contributed by atoms with Gasteiger partial charge in [-0.3, -0.25) is 9.59 Å². The van der Waals surface area contributed by atoms with Crippen molar-refractivity contribution in [1.29, 1.82) is 0 Å². The molecule has 5 heteroatoms. The van der Waals surface area contributed by atoms with Gasteiger partial charge in [-0.15, -0.1) is 0 Å². The maximum absolute atomic E-state index is 12.5. The topological polar surface area (TPSA) is 49.9 Å². The Kier molecular flexibility index (Phi) is 6.17. The molecule has 2 amide bonds. The molecule has 0 aromatic heterocycles. The summed E-state index contributed by atoms with van der Waals surface area (Å²) in [6.45, 7) is 4.06. The second-order valence-corrected chi connectivity index (χ2v) is 7.58. The smallest absolute Gasteiger partial charge is 0.226 e. The van der Waals surface area contributed by atoms with E-state index in [2.05, 4.69) is 4.90 Å². The molecule has 1 aliphatic heterocycles. The summed E-state index contributed by atoms with van der Waals surface area (Å²) in [7, 11) is 1.85. The normalized spacial score (nSPS) is 20.6. The van der Waals surface area contributed by atoms with E-state index in [0.717, 1.165) is 30.7 Å². The molecule has 0 radical (unpaired) electrons. The van der Waals surface area contributed by atoms with E-state index in [4.69, 9.17) is 4.74 Å². The van der Waals surface area contributed by atoms with Crippen LogP contribution >= 0.6 is 0 Å². The Hall–Kier alpha value is -2.04. The van der Waals surface area contributed by atoms with Gasteiger partial charge in [0.1, 0.15) is 5.75 Å². The highest BCUT2D eigenvalue weighted by atomic mass is 16.5. The zero-order valence-corrected chi connectivity index (χ0v) is 15.9. The lowest BCUT2D eigenvalue weighted by Crippen LogP contribution is -2.36. The molecule has 26 heavy (non-hydrogen) atoms. The highest BCUT2D eigenvalue weighted by molar-refractivity contribution is 5.80. The fourth-order valence-corrected chi connectivity index (χ4v) is 4.17. The number of likely N-dealkylation sites (tertiary alicyclic amines) is 1. The third kappa shape index (κ3) is 4.57. The minimum Gasteiger partial charge on any atom is -0.494 e. The first kappa shape index (κ1) is 18.7. The number of likely N-dealkylation sites (N-methyl/N-ethyl adjacent to an activating group) is 1. The van der Waals surface area contributed by atoms with Gasteiger partial charge in [-0.2, -0.15) is 0 Å². The molecule has 1 saturated carbocycles. The lowest BCUT2D eigenvalue weighted by molar-refractivity contribution is -0.130. The van der Waals surface area contributed by atoms with Gasteiger partial charge < -0.3 is 14.5 Å². The molecule has 2 fully saturated rings. The summed E-state index contributed by atoms with van der Waals surface area (Å²) in [5.41, 5.74) is 0.986. The third-order valence-electron chi connectivity index (χ3n) is 5.55. The van der Waals surface area contributed by atoms with Crippen LogP contribution in [-0.2, 0) is 16.0 Å². The van der Waals surface area contributed by atoms with Crippen molar-refractivity contribution < 1.29 is 14.3 Å². The lowest BCUT2D eigenvalue weighted by atomic mass is 10.1. The van der Waals surface area contributed by atoms with E-state index in [1.54, 1.807) is 4.90 Å². The average molecular weight is 358 g/mol. The molecule has 1 aromatic carbocycles. The average Bonchev–Trinajstić information content (AvgIpc) is 3.26. The van der Waals surface area contributed by atoms with Gasteiger partial charge in [-0.25, -0.2) is 0 Å². The van der Waals surface area contributed by atoms with Crippen LogP contribution in [0.5, 0.6) is 5.75 Å². The van der Waals surface area contributed by atoms with Crippen LogP contribution in [0.25, 0.3) is 0 Å². The Bertz CT molecular complexity index is 623. The van der Waals surface area contributed by atoms with Crippen molar-refractivity contribution in [3.8, 4) is 5.75 Å². The van der Waals surface area contributed by atoms with Gasteiger partial charge in [-0.05, 0) is 37.5 Å². The first-order valence-electron chi connectivity index (χ1n) is 9.82. The summed E-state index contributed by atoms with van der Waals surface area (Å²) in [4.78, 5) is 28.7.